The van der Waals surface area contributed by atoms with Gasteiger partial charge in [0.2, 0.25) is 0 Å². The van der Waals surface area contributed by atoms with Gasteiger partial charge in [-0.15, -0.1) is 5.10 Å². The van der Waals surface area contributed by atoms with E-state index in [1.807, 2.05) is 35.0 Å². The van der Waals surface area contributed by atoms with Crippen molar-refractivity contribution in [3.05, 3.63) is 66.9 Å². The van der Waals surface area contributed by atoms with Gasteiger partial charge in [0.25, 0.3) is 0 Å². The number of aromatic nitrogens is 5. The lowest BCUT2D eigenvalue weighted by molar-refractivity contribution is 0.964. The molecule has 104 valence electrons. The quantitative estimate of drug-likeness (QED) is 0.567. The van der Waals surface area contributed by atoms with Crippen molar-refractivity contribution in [2.45, 2.75) is 0 Å². The maximum atomic E-state index is 8.93. The number of hydrogen-bond acceptors (Lipinski definition) is 4. The molecule has 0 N–H and O–H groups in total. The van der Waals surface area contributed by atoms with Crippen molar-refractivity contribution in [2.75, 3.05) is 0 Å². The summed E-state index contributed by atoms with van der Waals surface area (Å²) in [5.74, 6) is 0.632. The number of fused-ring (bicyclic) bond motifs is 1. The van der Waals surface area contributed by atoms with Gasteiger partial charge >= 0.3 is 0 Å². The second-order valence-electron chi connectivity index (χ2n) is 4.78. The van der Waals surface area contributed by atoms with Crippen molar-refractivity contribution in [1.29, 1.82) is 5.26 Å². The van der Waals surface area contributed by atoms with Crippen molar-refractivity contribution in [1.82, 2.24) is 24.1 Å². The Bertz CT molecular complexity index is 974. The molecule has 0 saturated heterocycles. The molecule has 6 nitrogen and oxygen atoms in total. The molecule has 0 spiro atoms. The first kappa shape index (κ1) is 12.3. The molecule has 0 bridgehead atoms. The molecular weight excluding hydrogens is 276 g/mol. The number of nitrogens with zero attached hydrogens (tertiary/aromatic N) is 6. The molecular formula is C16H10N6. The number of rotatable bonds is 2. The third kappa shape index (κ3) is 2.01. The van der Waals surface area contributed by atoms with E-state index in [9.17, 15) is 0 Å². The van der Waals surface area contributed by atoms with Crippen LogP contribution >= 0.6 is 0 Å². The topological polar surface area (TPSA) is 71.8 Å². The van der Waals surface area contributed by atoms with Crippen LogP contribution in [-0.2, 0) is 0 Å². The summed E-state index contributed by atoms with van der Waals surface area (Å²) in [4.78, 5) is 8.50. The van der Waals surface area contributed by atoms with Gasteiger partial charge in [-0.05, 0) is 30.3 Å². The van der Waals surface area contributed by atoms with Crippen LogP contribution < -0.4 is 0 Å². The predicted octanol–water partition coefficient (Wildman–Crippen LogP) is 2.45. The molecule has 4 aromatic rings. The van der Waals surface area contributed by atoms with E-state index < -0.39 is 0 Å². The summed E-state index contributed by atoms with van der Waals surface area (Å²) in [6.07, 6.45) is 7.12. The Balaban J connectivity index is 1.74. The molecule has 0 aliphatic heterocycles. The van der Waals surface area contributed by atoms with Crippen LogP contribution in [0.2, 0.25) is 0 Å². The van der Waals surface area contributed by atoms with E-state index in [2.05, 4.69) is 21.1 Å². The fraction of sp³-hybridized carbons (Fsp3) is 0. The van der Waals surface area contributed by atoms with Crippen molar-refractivity contribution >= 4 is 5.65 Å². The van der Waals surface area contributed by atoms with Crippen LogP contribution in [0.5, 0.6) is 0 Å². The summed E-state index contributed by atoms with van der Waals surface area (Å²) in [6, 6.07) is 13.5. The van der Waals surface area contributed by atoms with Gasteiger partial charge in [0.15, 0.2) is 11.5 Å². The second-order valence-corrected chi connectivity index (χ2v) is 4.78. The largest absolute Gasteiger partial charge is 0.306 e. The molecule has 0 aliphatic rings. The molecule has 0 aliphatic carbocycles. The molecule has 0 amide bonds. The zero-order valence-electron chi connectivity index (χ0n) is 11.5. The molecule has 22 heavy (non-hydrogen) atoms. The highest BCUT2D eigenvalue weighted by Crippen LogP contribution is 2.19. The Morgan fingerprint density at radius 2 is 1.91 bits per heavy atom. The smallest absolute Gasteiger partial charge is 0.182 e. The number of nitriles is 1. The first-order valence-corrected chi connectivity index (χ1v) is 6.69. The lowest BCUT2D eigenvalue weighted by atomic mass is 10.2. The summed E-state index contributed by atoms with van der Waals surface area (Å²) in [6.45, 7) is 0. The molecule has 6 heteroatoms. The summed E-state index contributed by atoms with van der Waals surface area (Å²) >= 11 is 0. The van der Waals surface area contributed by atoms with Crippen molar-refractivity contribution < 1.29 is 0 Å². The normalized spacial score (nSPS) is 10.7. The predicted molar refractivity (Wildman–Crippen MR) is 80.3 cm³/mol. The third-order valence-corrected chi connectivity index (χ3v) is 3.39. The second kappa shape index (κ2) is 4.82. The van der Waals surface area contributed by atoms with Gasteiger partial charge in [-0.1, -0.05) is 0 Å². The van der Waals surface area contributed by atoms with E-state index in [0.29, 0.717) is 17.0 Å². The lowest BCUT2D eigenvalue weighted by Crippen LogP contribution is -1.90. The molecule has 3 aromatic heterocycles. The van der Waals surface area contributed by atoms with Crippen molar-refractivity contribution in [3.8, 4) is 23.1 Å². The number of imidazole rings is 1. The minimum absolute atomic E-state index is 0.571. The fourth-order valence-corrected chi connectivity index (χ4v) is 2.27. The SMILES string of the molecule is N#Cc1ccn2nc(-c3ccc(-n4ccnc4)cc3)nc2c1. The number of benzene rings is 1. The highest BCUT2D eigenvalue weighted by atomic mass is 15.3. The standard InChI is InChI=1S/C16H10N6/c17-10-12-5-7-22-15(9-12)19-16(20-22)13-1-3-14(4-2-13)21-8-6-18-11-21/h1-9,11H. The Morgan fingerprint density at radius 3 is 2.64 bits per heavy atom. The molecule has 0 atom stereocenters. The first-order valence-electron chi connectivity index (χ1n) is 6.69. The van der Waals surface area contributed by atoms with E-state index in [0.717, 1.165) is 11.3 Å². The number of hydrogen-bond donors (Lipinski definition) is 0. The van der Waals surface area contributed by atoms with Crippen LogP contribution in [-0.4, -0.2) is 24.1 Å². The maximum Gasteiger partial charge on any atom is 0.182 e. The summed E-state index contributed by atoms with van der Waals surface area (Å²) in [7, 11) is 0. The summed E-state index contributed by atoms with van der Waals surface area (Å²) in [5, 5.41) is 13.4. The maximum absolute atomic E-state index is 8.93. The summed E-state index contributed by atoms with van der Waals surface area (Å²) in [5.41, 5.74) is 3.18. The van der Waals surface area contributed by atoms with Gasteiger partial charge in [-0.25, -0.2) is 14.5 Å². The van der Waals surface area contributed by atoms with Gasteiger partial charge < -0.3 is 4.57 Å². The van der Waals surface area contributed by atoms with Crippen molar-refractivity contribution in [3.63, 3.8) is 0 Å². The van der Waals surface area contributed by atoms with Crippen LogP contribution in [0.4, 0.5) is 0 Å². The zero-order valence-corrected chi connectivity index (χ0v) is 11.5. The van der Waals surface area contributed by atoms with Gasteiger partial charge in [-0.2, -0.15) is 5.26 Å². The molecule has 0 radical (unpaired) electrons. The van der Waals surface area contributed by atoms with Crippen LogP contribution in [0.3, 0.4) is 0 Å². The molecule has 0 fully saturated rings. The first-order chi connectivity index (χ1) is 10.8. The van der Waals surface area contributed by atoms with E-state index in [1.165, 1.54) is 0 Å². The van der Waals surface area contributed by atoms with E-state index >= 15 is 0 Å². The van der Waals surface area contributed by atoms with E-state index in [-0.39, 0.29) is 0 Å². The Morgan fingerprint density at radius 1 is 1.05 bits per heavy atom. The molecule has 0 saturated carbocycles. The van der Waals surface area contributed by atoms with Crippen LogP contribution in [0, 0.1) is 11.3 Å². The lowest BCUT2D eigenvalue weighted by Gasteiger charge is -2.02. The Hall–Kier alpha value is -3.46. The van der Waals surface area contributed by atoms with Gasteiger partial charge in [0, 0.05) is 35.9 Å². The molecule has 4 rings (SSSR count). The minimum atomic E-state index is 0.571. The van der Waals surface area contributed by atoms with Crippen LogP contribution in [0.15, 0.2) is 61.3 Å². The average Bonchev–Trinajstić information content (AvgIpc) is 3.23. The third-order valence-electron chi connectivity index (χ3n) is 3.39. The molecule has 1 aromatic carbocycles. The summed E-state index contributed by atoms with van der Waals surface area (Å²) < 4.78 is 3.60. The van der Waals surface area contributed by atoms with E-state index in [4.69, 9.17) is 5.26 Å². The minimum Gasteiger partial charge on any atom is -0.306 e. The average molecular weight is 286 g/mol. The number of pyridine rings is 1. The fourth-order valence-electron chi connectivity index (χ4n) is 2.27. The monoisotopic (exact) mass is 286 g/mol. The van der Waals surface area contributed by atoms with Crippen molar-refractivity contribution in [2.24, 2.45) is 0 Å². The Labute approximate surface area is 125 Å². The van der Waals surface area contributed by atoms with Crippen LogP contribution in [0.1, 0.15) is 5.56 Å². The zero-order chi connectivity index (χ0) is 14.9. The van der Waals surface area contributed by atoms with Gasteiger partial charge in [0.1, 0.15) is 0 Å². The highest BCUT2D eigenvalue weighted by Gasteiger charge is 2.07. The van der Waals surface area contributed by atoms with E-state index in [1.54, 1.807) is 35.4 Å². The van der Waals surface area contributed by atoms with Gasteiger partial charge in [-0.3, -0.25) is 0 Å². The van der Waals surface area contributed by atoms with Crippen LogP contribution in [0.25, 0.3) is 22.7 Å². The van der Waals surface area contributed by atoms with Gasteiger partial charge in [0.05, 0.1) is 18.0 Å². The molecule has 3 heterocycles. The molecule has 0 unspecified atom stereocenters. The highest BCUT2D eigenvalue weighted by molar-refractivity contribution is 5.60. The Kier molecular flexibility index (Phi) is 2.70.